The number of ether oxygens (including phenoxy) is 2. The molecule has 2 aromatic carbocycles. The summed E-state index contributed by atoms with van der Waals surface area (Å²) in [5, 5.41) is -0.228. The number of carbonyl (C=O) groups excluding carboxylic acids is 1. The van der Waals surface area contributed by atoms with Crippen molar-refractivity contribution in [3.05, 3.63) is 63.8 Å². The van der Waals surface area contributed by atoms with Crippen LogP contribution in [-0.4, -0.2) is 51.0 Å². The minimum Gasteiger partial charge on any atom is -0.474 e. The van der Waals surface area contributed by atoms with E-state index in [-0.39, 0.29) is 48.0 Å². The van der Waals surface area contributed by atoms with Gasteiger partial charge in [-0.05, 0) is 42.7 Å². The highest BCUT2D eigenvalue weighted by molar-refractivity contribution is 7.70. The number of hydrogen-bond acceptors (Lipinski definition) is 7. The van der Waals surface area contributed by atoms with Gasteiger partial charge in [0.1, 0.15) is 6.61 Å². The molecule has 0 spiro atoms. The lowest BCUT2D eigenvalue weighted by Gasteiger charge is -2.12. The van der Waals surface area contributed by atoms with Crippen molar-refractivity contribution in [1.29, 1.82) is 0 Å². The molecule has 0 aliphatic rings. The number of methoxy groups -OCH3 is 1. The van der Waals surface area contributed by atoms with E-state index < -0.39 is 33.9 Å². The van der Waals surface area contributed by atoms with Gasteiger partial charge in [0.05, 0.1) is 34.4 Å². The van der Waals surface area contributed by atoms with E-state index in [2.05, 4.69) is 14.7 Å². The summed E-state index contributed by atoms with van der Waals surface area (Å²) in [4.78, 5) is 21.6. The fourth-order valence-corrected chi connectivity index (χ4v) is 3.72. The van der Waals surface area contributed by atoms with Crippen LogP contribution in [0.3, 0.4) is 0 Å². The molecule has 12 heteroatoms. The molecule has 176 valence electrons. The minimum atomic E-state index is -2.77. The summed E-state index contributed by atoms with van der Waals surface area (Å²) in [7, 11) is -1.24. The third-order valence-electron chi connectivity index (χ3n) is 4.64. The highest BCUT2D eigenvalue weighted by Gasteiger charge is 2.24. The normalized spacial score (nSPS) is 11.3. The van der Waals surface area contributed by atoms with Crippen molar-refractivity contribution in [3.8, 4) is 5.88 Å². The van der Waals surface area contributed by atoms with Gasteiger partial charge in [0, 0.05) is 19.2 Å². The van der Waals surface area contributed by atoms with E-state index in [1.54, 1.807) is 0 Å². The number of nitrogens with zero attached hydrogens (tertiary/aromatic N) is 2. The average Bonchev–Trinajstić information content (AvgIpc) is 2.79. The summed E-state index contributed by atoms with van der Waals surface area (Å²) in [6.45, 7) is 0.696. The van der Waals surface area contributed by atoms with Crippen LogP contribution in [0, 0.1) is 11.6 Å². The molecule has 0 saturated carbocycles. The van der Waals surface area contributed by atoms with E-state index in [0.29, 0.717) is 17.6 Å². The quantitative estimate of drug-likeness (QED) is 0.181. The van der Waals surface area contributed by atoms with Crippen molar-refractivity contribution in [3.63, 3.8) is 0 Å². The van der Waals surface area contributed by atoms with Crippen molar-refractivity contribution in [2.75, 3.05) is 26.9 Å². The number of aromatic nitrogens is 2. The van der Waals surface area contributed by atoms with Crippen LogP contribution in [0.25, 0.3) is 11.0 Å². The SMILES string of the molecule is COCCOc1cnc2ccc(C(=O)c3c(F)c(F)cc(CCCN[SH](=O)=O)c3Cl)cc2n1. The van der Waals surface area contributed by atoms with E-state index in [1.807, 2.05) is 0 Å². The number of thiol groups is 1. The fourth-order valence-electron chi connectivity index (χ4n) is 3.07. The van der Waals surface area contributed by atoms with Gasteiger partial charge in [-0.15, -0.1) is 0 Å². The lowest BCUT2D eigenvalue weighted by molar-refractivity contribution is 0.103. The second kappa shape index (κ2) is 11.4. The number of benzene rings is 2. The highest BCUT2D eigenvalue weighted by Crippen LogP contribution is 2.30. The van der Waals surface area contributed by atoms with Gasteiger partial charge in [0.25, 0.3) is 0 Å². The number of ketones is 1. The number of fused-ring (bicyclic) bond motifs is 1. The number of nitrogens with one attached hydrogen (secondary N) is 1. The molecule has 0 aliphatic heterocycles. The molecular formula is C21H20ClF2N3O5S. The molecule has 3 aromatic rings. The van der Waals surface area contributed by atoms with E-state index in [1.165, 1.54) is 31.5 Å². The van der Waals surface area contributed by atoms with E-state index in [9.17, 15) is 22.0 Å². The predicted molar refractivity (Wildman–Crippen MR) is 118 cm³/mol. The molecule has 33 heavy (non-hydrogen) atoms. The average molecular weight is 500 g/mol. The third kappa shape index (κ3) is 6.20. The molecule has 8 nitrogen and oxygen atoms in total. The molecule has 0 unspecified atom stereocenters. The van der Waals surface area contributed by atoms with Gasteiger partial charge in [-0.25, -0.2) is 31.9 Å². The Hall–Kier alpha value is -2.73. The van der Waals surface area contributed by atoms with Gasteiger partial charge in [0.15, 0.2) is 17.4 Å². The molecule has 0 radical (unpaired) electrons. The Bertz CT molecular complexity index is 1250. The molecule has 0 atom stereocenters. The molecule has 0 saturated heterocycles. The number of carbonyl (C=O) groups is 1. The molecule has 3 rings (SSSR count). The van der Waals surface area contributed by atoms with Gasteiger partial charge in [-0.2, -0.15) is 0 Å². The first kappa shape index (κ1) is 24.9. The van der Waals surface area contributed by atoms with Crippen LogP contribution >= 0.6 is 11.6 Å². The number of rotatable bonds is 11. The van der Waals surface area contributed by atoms with E-state index in [4.69, 9.17) is 21.1 Å². The zero-order valence-corrected chi connectivity index (χ0v) is 19.1. The van der Waals surface area contributed by atoms with Crippen LogP contribution in [0.4, 0.5) is 8.78 Å². The van der Waals surface area contributed by atoms with Gasteiger partial charge in [-0.1, -0.05) is 11.6 Å². The molecule has 0 fully saturated rings. The van der Waals surface area contributed by atoms with E-state index in [0.717, 1.165) is 6.07 Å². The lowest BCUT2D eigenvalue weighted by atomic mass is 9.98. The number of aryl methyl sites for hydroxylation is 1. The van der Waals surface area contributed by atoms with Gasteiger partial charge < -0.3 is 9.47 Å². The highest BCUT2D eigenvalue weighted by atomic mass is 35.5. The second-order valence-electron chi connectivity index (χ2n) is 6.87. The Balaban J connectivity index is 1.91. The van der Waals surface area contributed by atoms with Crippen molar-refractivity contribution in [2.45, 2.75) is 12.8 Å². The fraction of sp³-hybridized carbons (Fsp3) is 0.286. The molecule has 0 amide bonds. The van der Waals surface area contributed by atoms with Gasteiger partial charge >= 0.3 is 0 Å². The first-order valence-electron chi connectivity index (χ1n) is 9.79. The van der Waals surface area contributed by atoms with Crippen LogP contribution < -0.4 is 9.46 Å². The Morgan fingerprint density at radius 2 is 1.97 bits per heavy atom. The first-order chi connectivity index (χ1) is 15.8. The van der Waals surface area contributed by atoms with E-state index >= 15 is 0 Å². The Kier molecular flexibility index (Phi) is 8.61. The maximum absolute atomic E-state index is 14.6. The monoisotopic (exact) mass is 499 g/mol. The standard InChI is InChI=1S/C21H20ClF2N3O5S/c1-31-7-8-32-17-11-25-15-5-4-13(10-16(15)27-17)21(28)18-19(22)12(9-14(23)20(18)24)3-2-6-26-33(29)30/h4-5,9-11,33H,2-3,6-8H2,1H3,(H,26,29,30). The summed E-state index contributed by atoms with van der Waals surface area (Å²) in [6, 6.07) is 5.24. The second-order valence-corrected chi connectivity index (χ2v) is 8.08. The molecule has 0 bridgehead atoms. The topological polar surface area (TPSA) is 107 Å². The summed E-state index contributed by atoms with van der Waals surface area (Å²) >= 11 is 6.26. The summed E-state index contributed by atoms with van der Waals surface area (Å²) in [5.74, 6) is -3.20. The van der Waals surface area contributed by atoms with Crippen LogP contribution in [0.5, 0.6) is 5.88 Å². The molecule has 1 N–H and O–H groups in total. The van der Waals surface area contributed by atoms with Crippen LogP contribution in [-0.2, 0) is 22.0 Å². The predicted octanol–water partition coefficient (Wildman–Crippen LogP) is 2.87. The molecule has 1 aromatic heterocycles. The van der Waals surface area contributed by atoms with Gasteiger partial charge in [-0.3, -0.25) is 4.79 Å². The largest absolute Gasteiger partial charge is 0.474 e. The number of halogens is 3. The summed E-state index contributed by atoms with van der Waals surface area (Å²) in [6.07, 6.45) is 1.84. The summed E-state index contributed by atoms with van der Waals surface area (Å²) in [5.41, 5.74) is 0.418. The maximum Gasteiger partial charge on any atom is 0.232 e. The Labute approximate surface area is 195 Å². The van der Waals surface area contributed by atoms with Crippen molar-refractivity contribution < 1.29 is 31.5 Å². The zero-order chi connectivity index (χ0) is 24.0. The summed E-state index contributed by atoms with van der Waals surface area (Å²) < 4.78 is 62.5. The van der Waals surface area contributed by atoms with Crippen LogP contribution in [0.2, 0.25) is 5.02 Å². The Morgan fingerprint density at radius 3 is 2.70 bits per heavy atom. The van der Waals surface area contributed by atoms with Gasteiger partial charge in [0.2, 0.25) is 16.8 Å². The first-order valence-corrected chi connectivity index (χ1v) is 11.3. The maximum atomic E-state index is 14.6. The lowest BCUT2D eigenvalue weighted by Crippen LogP contribution is -2.14. The van der Waals surface area contributed by atoms with Crippen LogP contribution in [0.15, 0.2) is 30.5 Å². The molecule has 1 heterocycles. The zero-order valence-electron chi connectivity index (χ0n) is 17.4. The number of hydrogen-bond donors (Lipinski definition) is 2. The smallest absolute Gasteiger partial charge is 0.232 e. The van der Waals surface area contributed by atoms with Crippen molar-refractivity contribution in [1.82, 2.24) is 14.7 Å². The van der Waals surface area contributed by atoms with Crippen molar-refractivity contribution >= 4 is 39.3 Å². The molecular weight excluding hydrogens is 480 g/mol. The Morgan fingerprint density at radius 1 is 1.18 bits per heavy atom. The van der Waals surface area contributed by atoms with Crippen molar-refractivity contribution in [2.24, 2.45) is 0 Å². The third-order valence-corrected chi connectivity index (χ3v) is 5.56. The minimum absolute atomic E-state index is 0.0354. The molecule has 0 aliphatic carbocycles. The van der Waals surface area contributed by atoms with Crippen LogP contribution in [0.1, 0.15) is 27.9 Å².